The van der Waals surface area contributed by atoms with Crippen LogP contribution in [0.3, 0.4) is 0 Å². The van der Waals surface area contributed by atoms with Gasteiger partial charge in [-0.3, -0.25) is 9.59 Å². The first kappa shape index (κ1) is 19.1. The fraction of sp³-hybridized carbons (Fsp3) is 0.600. The van der Waals surface area contributed by atoms with Crippen molar-refractivity contribution in [3.05, 3.63) is 21.8 Å². The van der Waals surface area contributed by atoms with E-state index in [-0.39, 0.29) is 12.8 Å². The second-order valence-electron chi connectivity index (χ2n) is 4.80. The SMILES string of the molecule is C=C(C)CC(C/C=C(\I)CCC)(C(=O)OC)C(=O)OC. The van der Waals surface area contributed by atoms with Gasteiger partial charge in [-0.25, -0.2) is 0 Å². The number of allylic oxidation sites excluding steroid dienone is 3. The zero-order valence-corrected chi connectivity index (χ0v) is 14.8. The molecule has 0 amide bonds. The van der Waals surface area contributed by atoms with Gasteiger partial charge in [-0.15, -0.1) is 6.58 Å². The lowest BCUT2D eigenvalue weighted by Crippen LogP contribution is -2.41. The largest absolute Gasteiger partial charge is 0.468 e. The topological polar surface area (TPSA) is 52.6 Å². The summed E-state index contributed by atoms with van der Waals surface area (Å²) in [6, 6.07) is 0. The summed E-state index contributed by atoms with van der Waals surface area (Å²) < 4.78 is 10.8. The third-order valence-electron chi connectivity index (χ3n) is 2.92. The minimum absolute atomic E-state index is 0.221. The summed E-state index contributed by atoms with van der Waals surface area (Å²) in [6.07, 6.45) is 4.32. The number of esters is 2. The van der Waals surface area contributed by atoms with Crippen molar-refractivity contribution in [2.24, 2.45) is 5.41 Å². The predicted molar refractivity (Wildman–Crippen MR) is 87.5 cm³/mol. The molecule has 0 aliphatic heterocycles. The van der Waals surface area contributed by atoms with Gasteiger partial charge in [0, 0.05) is 0 Å². The Bertz CT molecular complexity index is 383. The van der Waals surface area contributed by atoms with E-state index in [9.17, 15) is 9.59 Å². The summed E-state index contributed by atoms with van der Waals surface area (Å²) in [4.78, 5) is 24.3. The van der Waals surface area contributed by atoms with Crippen molar-refractivity contribution in [1.29, 1.82) is 0 Å². The van der Waals surface area contributed by atoms with E-state index in [1.165, 1.54) is 14.2 Å². The molecule has 0 unspecified atom stereocenters. The van der Waals surface area contributed by atoms with Gasteiger partial charge in [0.2, 0.25) is 0 Å². The maximum Gasteiger partial charge on any atom is 0.323 e. The van der Waals surface area contributed by atoms with E-state index in [4.69, 9.17) is 9.47 Å². The van der Waals surface area contributed by atoms with Crippen molar-refractivity contribution < 1.29 is 19.1 Å². The average molecular weight is 394 g/mol. The molecule has 0 aromatic rings. The van der Waals surface area contributed by atoms with Gasteiger partial charge >= 0.3 is 11.9 Å². The van der Waals surface area contributed by atoms with Crippen LogP contribution < -0.4 is 0 Å². The van der Waals surface area contributed by atoms with Crippen molar-refractivity contribution >= 4 is 34.5 Å². The number of ether oxygens (including phenoxy) is 2. The standard InChI is InChI=1S/C15H23IO4/c1-6-7-12(16)8-9-15(10-11(2)3,13(17)19-4)14(18)20-5/h8H,2,6-7,9-10H2,1,3-5H3/b12-8-. The fourth-order valence-corrected chi connectivity index (χ4v) is 2.76. The zero-order chi connectivity index (χ0) is 15.8. The molecule has 114 valence electrons. The Morgan fingerprint density at radius 2 is 1.75 bits per heavy atom. The monoisotopic (exact) mass is 394 g/mol. The summed E-state index contributed by atoms with van der Waals surface area (Å²) >= 11 is 2.22. The minimum Gasteiger partial charge on any atom is -0.468 e. The highest BCUT2D eigenvalue weighted by Crippen LogP contribution is 2.35. The van der Waals surface area contributed by atoms with Gasteiger partial charge in [0.05, 0.1) is 14.2 Å². The van der Waals surface area contributed by atoms with Crippen LogP contribution in [-0.2, 0) is 19.1 Å². The first-order valence-electron chi connectivity index (χ1n) is 6.49. The number of halogens is 1. The molecule has 0 radical (unpaired) electrons. The van der Waals surface area contributed by atoms with E-state index in [1.807, 2.05) is 6.08 Å². The van der Waals surface area contributed by atoms with Crippen LogP contribution in [0, 0.1) is 5.41 Å². The molecule has 0 N–H and O–H groups in total. The molecule has 0 bridgehead atoms. The van der Waals surface area contributed by atoms with Crippen LogP contribution in [-0.4, -0.2) is 26.2 Å². The number of hydrogen-bond acceptors (Lipinski definition) is 4. The molecule has 0 atom stereocenters. The number of methoxy groups -OCH3 is 2. The van der Waals surface area contributed by atoms with Gasteiger partial charge in [-0.1, -0.05) is 25.0 Å². The van der Waals surface area contributed by atoms with Crippen LogP contribution in [0.4, 0.5) is 0 Å². The minimum atomic E-state index is -1.33. The summed E-state index contributed by atoms with van der Waals surface area (Å²) in [5.74, 6) is -1.16. The lowest BCUT2D eigenvalue weighted by atomic mass is 9.78. The van der Waals surface area contributed by atoms with Gasteiger partial charge in [0.15, 0.2) is 5.41 Å². The smallest absolute Gasteiger partial charge is 0.323 e. The number of hydrogen-bond donors (Lipinski definition) is 0. The van der Waals surface area contributed by atoms with E-state index in [1.54, 1.807) is 6.92 Å². The molecule has 0 saturated heterocycles. The van der Waals surface area contributed by atoms with E-state index in [2.05, 4.69) is 36.1 Å². The predicted octanol–water partition coefficient (Wildman–Crippen LogP) is 3.79. The highest BCUT2D eigenvalue weighted by Gasteiger charge is 2.47. The second kappa shape index (κ2) is 9.15. The molecule has 0 fully saturated rings. The van der Waals surface area contributed by atoms with Crippen LogP contribution in [0.15, 0.2) is 21.8 Å². The molecular formula is C15H23IO4. The second-order valence-corrected chi connectivity index (χ2v) is 6.19. The van der Waals surface area contributed by atoms with Gasteiger partial charge in [-0.05, 0) is 52.4 Å². The summed E-state index contributed by atoms with van der Waals surface area (Å²) in [5.41, 5.74) is -0.598. The van der Waals surface area contributed by atoms with Crippen LogP contribution in [0.1, 0.15) is 39.5 Å². The Hall–Kier alpha value is -0.850. The van der Waals surface area contributed by atoms with Crippen LogP contribution in [0.25, 0.3) is 0 Å². The van der Waals surface area contributed by atoms with Gasteiger partial charge in [0.1, 0.15) is 0 Å². The van der Waals surface area contributed by atoms with E-state index in [0.29, 0.717) is 0 Å². The van der Waals surface area contributed by atoms with Gasteiger partial charge < -0.3 is 9.47 Å². The molecule has 20 heavy (non-hydrogen) atoms. The summed E-state index contributed by atoms with van der Waals surface area (Å²) in [6.45, 7) is 7.66. The zero-order valence-electron chi connectivity index (χ0n) is 12.6. The normalized spacial score (nSPS) is 11.9. The van der Waals surface area contributed by atoms with E-state index in [0.717, 1.165) is 22.0 Å². The van der Waals surface area contributed by atoms with Gasteiger partial charge in [0.25, 0.3) is 0 Å². The lowest BCUT2D eigenvalue weighted by Gasteiger charge is -2.27. The number of carbonyl (C=O) groups excluding carboxylic acids is 2. The van der Waals surface area contributed by atoms with Crippen LogP contribution >= 0.6 is 22.6 Å². The Kier molecular flexibility index (Phi) is 8.76. The first-order chi connectivity index (χ1) is 9.33. The molecule has 0 aliphatic carbocycles. The molecule has 0 rings (SSSR count). The molecule has 5 heteroatoms. The molecule has 0 aliphatic rings. The highest BCUT2D eigenvalue weighted by molar-refractivity contribution is 14.1. The average Bonchev–Trinajstić information content (AvgIpc) is 2.41. The lowest BCUT2D eigenvalue weighted by molar-refractivity contribution is -0.168. The number of carbonyl (C=O) groups is 2. The molecule has 4 nitrogen and oxygen atoms in total. The third kappa shape index (κ3) is 5.26. The fourth-order valence-electron chi connectivity index (χ4n) is 2.00. The molecule has 0 heterocycles. The third-order valence-corrected chi connectivity index (χ3v) is 3.90. The maximum atomic E-state index is 12.1. The van der Waals surface area contributed by atoms with Crippen molar-refractivity contribution in [3.63, 3.8) is 0 Å². The Labute approximate surface area is 134 Å². The van der Waals surface area contributed by atoms with E-state index < -0.39 is 17.4 Å². The Morgan fingerprint density at radius 3 is 2.10 bits per heavy atom. The number of rotatable bonds is 8. The summed E-state index contributed by atoms with van der Waals surface area (Å²) in [5, 5.41) is 0. The maximum absolute atomic E-state index is 12.1. The van der Waals surface area contributed by atoms with Crippen LogP contribution in [0.2, 0.25) is 0 Å². The molecule has 0 aromatic carbocycles. The highest BCUT2D eigenvalue weighted by atomic mass is 127. The molecular weight excluding hydrogens is 371 g/mol. The summed E-state index contributed by atoms with van der Waals surface area (Å²) in [7, 11) is 2.55. The van der Waals surface area contributed by atoms with Crippen molar-refractivity contribution in [3.8, 4) is 0 Å². The first-order valence-corrected chi connectivity index (χ1v) is 7.57. The quantitative estimate of drug-likeness (QED) is 0.272. The van der Waals surface area contributed by atoms with Crippen molar-refractivity contribution in [2.45, 2.75) is 39.5 Å². The van der Waals surface area contributed by atoms with Gasteiger partial charge in [-0.2, -0.15) is 0 Å². The Morgan fingerprint density at radius 1 is 1.25 bits per heavy atom. The van der Waals surface area contributed by atoms with Crippen molar-refractivity contribution in [1.82, 2.24) is 0 Å². The Balaban J connectivity index is 5.49. The van der Waals surface area contributed by atoms with E-state index >= 15 is 0 Å². The van der Waals surface area contributed by atoms with Crippen molar-refractivity contribution in [2.75, 3.05) is 14.2 Å². The molecule has 0 aromatic heterocycles. The van der Waals surface area contributed by atoms with Crippen LogP contribution in [0.5, 0.6) is 0 Å². The molecule has 0 saturated carbocycles. The molecule has 0 spiro atoms.